The Morgan fingerprint density at radius 2 is 1.96 bits per heavy atom. The van der Waals surface area contributed by atoms with Gasteiger partial charge in [-0.15, -0.1) is 0 Å². The van der Waals surface area contributed by atoms with Crippen molar-refractivity contribution in [3.8, 4) is 11.5 Å². The summed E-state index contributed by atoms with van der Waals surface area (Å²) in [4.78, 5) is 11.3. The predicted octanol–water partition coefficient (Wildman–Crippen LogP) is 6.37. The molecule has 0 amide bonds. The van der Waals surface area contributed by atoms with Crippen LogP contribution in [0.3, 0.4) is 0 Å². The molecule has 2 aromatic carbocycles. The second kappa shape index (κ2) is 7.85. The zero-order chi connectivity index (χ0) is 19.0. The van der Waals surface area contributed by atoms with Crippen molar-refractivity contribution in [3.63, 3.8) is 0 Å². The van der Waals surface area contributed by atoms with Crippen LogP contribution in [-0.2, 0) is 16.1 Å². The number of fused-ring (bicyclic) bond motifs is 1. The largest absolute Gasteiger partial charge is 0.486 e. The van der Waals surface area contributed by atoms with E-state index in [0.29, 0.717) is 36.6 Å². The summed E-state index contributed by atoms with van der Waals surface area (Å²) in [7, 11) is 0. The van der Waals surface area contributed by atoms with Crippen LogP contribution in [0.15, 0.2) is 28.7 Å². The molecule has 0 saturated heterocycles. The number of ether oxygens (including phenoxy) is 3. The Balaban J connectivity index is 1.88. The molecule has 2 aromatic rings. The van der Waals surface area contributed by atoms with Gasteiger partial charge in [-0.05, 0) is 41.1 Å². The molecule has 0 N–H and O–H groups in total. The van der Waals surface area contributed by atoms with Crippen molar-refractivity contribution in [3.05, 3.63) is 54.9 Å². The number of hydrogen-bond donors (Lipinski definition) is 0. The van der Waals surface area contributed by atoms with E-state index in [9.17, 15) is 4.79 Å². The number of carbonyl (C=O) groups is 1. The van der Waals surface area contributed by atoms with Gasteiger partial charge < -0.3 is 14.2 Å². The third kappa shape index (κ3) is 3.91. The van der Waals surface area contributed by atoms with Crippen molar-refractivity contribution < 1.29 is 19.0 Å². The molecule has 3 rings (SSSR count). The Kier molecular flexibility index (Phi) is 5.92. The van der Waals surface area contributed by atoms with Crippen molar-refractivity contribution in [2.45, 2.75) is 32.7 Å². The summed E-state index contributed by atoms with van der Waals surface area (Å²) in [6.07, 6.45) is -0.849. The SMILES string of the molecule is CC(=O)O[C@H]1c2cc(Cl)c(OCc3ccc(Cl)cc3Cl)c(Br)c2OC1C. The molecule has 138 valence electrons. The van der Waals surface area contributed by atoms with Gasteiger partial charge in [-0.3, -0.25) is 4.79 Å². The topological polar surface area (TPSA) is 44.8 Å². The van der Waals surface area contributed by atoms with Gasteiger partial charge >= 0.3 is 5.97 Å². The summed E-state index contributed by atoms with van der Waals surface area (Å²) in [5.41, 5.74) is 1.47. The van der Waals surface area contributed by atoms with E-state index in [0.717, 1.165) is 5.56 Å². The Morgan fingerprint density at radius 3 is 2.62 bits per heavy atom. The minimum atomic E-state index is -0.518. The van der Waals surface area contributed by atoms with Crippen molar-refractivity contribution >= 4 is 56.7 Å². The van der Waals surface area contributed by atoms with Gasteiger partial charge in [-0.2, -0.15) is 0 Å². The normalized spacial score (nSPS) is 18.2. The molecule has 0 aromatic heterocycles. The van der Waals surface area contributed by atoms with Gasteiger partial charge in [0.25, 0.3) is 0 Å². The maximum atomic E-state index is 11.3. The van der Waals surface area contributed by atoms with Gasteiger partial charge in [0.2, 0.25) is 0 Å². The first kappa shape index (κ1) is 19.6. The summed E-state index contributed by atoms with van der Waals surface area (Å²) in [6, 6.07) is 6.86. The lowest BCUT2D eigenvalue weighted by Gasteiger charge is -2.15. The summed E-state index contributed by atoms with van der Waals surface area (Å²) in [5, 5.41) is 1.43. The van der Waals surface area contributed by atoms with Gasteiger partial charge in [0.1, 0.15) is 22.9 Å². The van der Waals surface area contributed by atoms with Crippen LogP contribution in [-0.4, -0.2) is 12.1 Å². The number of carbonyl (C=O) groups excluding carboxylic acids is 1. The minimum Gasteiger partial charge on any atom is -0.486 e. The average molecular weight is 481 g/mol. The van der Waals surface area contributed by atoms with Crippen LogP contribution in [0.5, 0.6) is 11.5 Å². The molecular formula is C18H14BrCl3O4. The number of rotatable bonds is 4. The summed E-state index contributed by atoms with van der Waals surface area (Å²) < 4.78 is 17.6. The van der Waals surface area contributed by atoms with Gasteiger partial charge in [0.15, 0.2) is 11.9 Å². The molecule has 0 aliphatic carbocycles. The van der Waals surface area contributed by atoms with E-state index in [1.54, 1.807) is 24.3 Å². The summed E-state index contributed by atoms with van der Waals surface area (Å²) in [6.45, 7) is 3.38. The van der Waals surface area contributed by atoms with Crippen molar-refractivity contribution in [1.82, 2.24) is 0 Å². The minimum absolute atomic E-state index is 0.204. The fourth-order valence-corrected chi connectivity index (χ4v) is 4.19. The zero-order valence-electron chi connectivity index (χ0n) is 13.8. The quantitative estimate of drug-likeness (QED) is 0.477. The predicted molar refractivity (Wildman–Crippen MR) is 105 cm³/mol. The maximum Gasteiger partial charge on any atom is 0.303 e. The van der Waals surface area contributed by atoms with Gasteiger partial charge in [0.05, 0.1) is 5.02 Å². The van der Waals surface area contributed by atoms with Crippen LogP contribution in [0.2, 0.25) is 15.1 Å². The molecule has 2 atom stereocenters. The Morgan fingerprint density at radius 1 is 1.23 bits per heavy atom. The second-order valence-corrected chi connectivity index (χ2v) is 7.84. The number of hydrogen-bond acceptors (Lipinski definition) is 4. The molecule has 0 radical (unpaired) electrons. The summed E-state index contributed by atoms with van der Waals surface area (Å²) in [5.74, 6) is 0.584. The molecule has 0 bridgehead atoms. The zero-order valence-corrected chi connectivity index (χ0v) is 17.7. The second-order valence-electron chi connectivity index (χ2n) is 5.80. The average Bonchev–Trinajstić information content (AvgIpc) is 2.85. The van der Waals surface area contributed by atoms with E-state index < -0.39 is 6.10 Å². The first-order chi connectivity index (χ1) is 12.3. The smallest absolute Gasteiger partial charge is 0.303 e. The van der Waals surface area contributed by atoms with Gasteiger partial charge in [0, 0.05) is 28.1 Å². The number of esters is 1. The monoisotopic (exact) mass is 478 g/mol. The molecule has 1 unspecified atom stereocenters. The van der Waals surface area contributed by atoms with E-state index >= 15 is 0 Å². The highest BCUT2D eigenvalue weighted by molar-refractivity contribution is 9.10. The molecule has 26 heavy (non-hydrogen) atoms. The van der Waals surface area contributed by atoms with Crippen LogP contribution in [0.4, 0.5) is 0 Å². The lowest BCUT2D eigenvalue weighted by atomic mass is 10.1. The van der Waals surface area contributed by atoms with Gasteiger partial charge in [-0.1, -0.05) is 40.9 Å². The van der Waals surface area contributed by atoms with Crippen molar-refractivity contribution in [1.29, 1.82) is 0 Å². The standard InChI is InChI=1S/C18H14BrCl3O4/c1-8-16(26-9(2)23)12-6-14(22)18(15(19)17(12)25-8)24-7-10-3-4-11(20)5-13(10)21/h3-6,8,16H,7H2,1-2H3/t8?,16-/m1/s1. The van der Waals surface area contributed by atoms with Crippen LogP contribution in [0, 0.1) is 0 Å². The van der Waals surface area contributed by atoms with Crippen LogP contribution < -0.4 is 9.47 Å². The lowest BCUT2D eigenvalue weighted by Crippen LogP contribution is -2.18. The highest BCUT2D eigenvalue weighted by atomic mass is 79.9. The first-order valence-electron chi connectivity index (χ1n) is 7.70. The van der Waals surface area contributed by atoms with E-state index in [2.05, 4.69) is 15.9 Å². The molecule has 4 nitrogen and oxygen atoms in total. The van der Waals surface area contributed by atoms with E-state index in [1.807, 2.05) is 6.92 Å². The van der Waals surface area contributed by atoms with Crippen LogP contribution >= 0.6 is 50.7 Å². The Labute approximate surface area is 174 Å². The Hall–Kier alpha value is -1.14. The molecule has 1 aliphatic heterocycles. The van der Waals surface area contributed by atoms with Crippen LogP contribution in [0.25, 0.3) is 0 Å². The van der Waals surface area contributed by atoms with E-state index in [4.69, 9.17) is 49.0 Å². The molecule has 1 aliphatic rings. The molecular weight excluding hydrogens is 466 g/mol. The molecule has 0 saturated carbocycles. The molecule has 1 heterocycles. The van der Waals surface area contributed by atoms with Gasteiger partial charge in [-0.25, -0.2) is 0 Å². The van der Waals surface area contributed by atoms with Crippen molar-refractivity contribution in [2.24, 2.45) is 0 Å². The highest BCUT2D eigenvalue weighted by Gasteiger charge is 2.37. The van der Waals surface area contributed by atoms with E-state index in [1.165, 1.54) is 6.92 Å². The Bertz CT molecular complexity index is 872. The third-order valence-electron chi connectivity index (χ3n) is 3.88. The number of halogens is 4. The molecule has 0 fully saturated rings. The molecule has 8 heteroatoms. The lowest BCUT2D eigenvalue weighted by molar-refractivity contribution is -0.149. The first-order valence-corrected chi connectivity index (χ1v) is 9.63. The summed E-state index contributed by atoms with van der Waals surface area (Å²) >= 11 is 21.9. The number of benzene rings is 2. The fraction of sp³-hybridized carbons (Fsp3) is 0.278. The fourth-order valence-electron chi connectivity index (χ4n) is 2.69. The van der Waals surface area contributed by atoms with Crippen LogP contribution in [0.1, 0.15) is 31.1 Å². The molecule has 0 spiro atoms. The van der Waals surface area contributed by atoms with Crippen molar-refractivity contribution in [2.75, 3.05) is 0 Å². The maximum absolute atomic E-state index is 11.3. The highest BCUT2D eigenvalue weighted by Crippen LogP contribution is 2.50. The van der Waals surface area contributed by atoms with E-state index in [-0.39, 0.29) is 18.7 Å². The third-order valence-corrected chi connectivity index (χ3v) is 5.46.